The number of carboxylic acid groups (broad SMARTS) is 2. The van der Waals surface area contributed by atoms with Gasteiger partial charge in [-0.2, -0.15) is 0 Å². The molecular weight excluding hydrogens is 252 g/mol. The van der Waals surface area contributed by atoms with Crippen molar-refractivity contribution in [1.82, 2.24) is 5.32 Å². The van der Waals surface area contributed by atoms with Crippen molar-refractivity contribution < 1.29 is 24.6 Å². The Hall–Kier alpha value is -2.57. The molecule has 0 saturated carbocycles. The molecule has 0 aliphatic heterocycles. The van der Waals surface area contributed by atoms with Gasteiger partial charge in [0.2, 0.25) is 0 Å². The van der Waals surface area contributed by atoms with Crippen molar-refractivity contribution in [3.8, 4) is 0 Å². The molecule has 4 N–H and O–H groups in total. The van der Waals surface area contributed by atoms with Gasteiger partial charge in [-0.15, -0.1) is 0 Å². The van der Waals surface area contributed by atoms with Gasteiger partial charge in [-0.1, -0.05) is 0 Å². The number of anilines is 1. The third-order valence-corrected chi connectivity index (χ3v) is 2.10. The molecule has 0 bridgehead atoms. The Morgan fingerprint density at radius 2 is 1.47 bits per heavy atom. The summed E-state index contributed by atoms with van der Waals surface area (Å²) in [4.78, 5) is 33.2. The molecule has 0 radical (unpaired) electrons. The van der Waals surface area contributed by atoms with Crippen LogP contribution in [0.15, 0.2) is 18.2 Å². The summed E-state index contributed by atoms with van der Waals surface area (Å²) in [6.45, 7) is 3.52. The molecule has 7 nitrogen and oxygen atoms in total. The van der Waals surface area contributed by atoms with Crippen LogP contribution in [-0.2, 0) is 0 Å². The van der Waals surface area contributed by atoms with E-state index in [1.165, 1.54) is 12.1 Å². The molecule has 0 heterocycles. The first kappa shape index (κ1) is 14.5. The smallest absolute Gasteiger partial charge is 0.335 e. The van der Waals surface area contributed by atoms with Crippen LogP contribution in [0.25, 0.3) is 0 Å². The topological polar surface area (TPSA) is 116 Å². The standard InChI is InChI=1S/C12H14N2O5/c1-6(2)13-12(19)14-9-4-7(10(15)16)3-8(5-9)11(17)18/h3-6H,1-2H3,(H,15,16)(H,17,18)(H2,13,14,19). The molecule has 1 aromatic carbocycles. The third kappa shape index (κ3) is 4.30. The van der Waals surface area contributed by atoms with E-state index < -0.39 is 18.0 Å². The minimum absolute atomic E-state index is 0.0957. The zero-order valence-corrected chi connectivity index (χ0v) is 10.4. The van der Waals surface area contributed by atoms with Gasteiger partial charge < -0.3 is 20.8 Å². The van der Waals surface area contributed by atoms with Gasteiger partial charge in [-0.25, -0.2) is 14.4 Å². The van der Waals surface area contributed by atoms with Crippen LogP contribution < -0.4 is 10.6 Å². The first-order valence-electron chi connectivity index (χ1n) is 5.49. The largest absolute Gasteiger partial charge is 0.478 e. The van der Waals surface area contributed by atoms with Crippen molar-refractivity contribution in [1.29, 1.82) is 0 Å². The quantitative estimate of drug-likeness (QED) is 0.660. The molecule has 102 valence electrons. The molecule has 0 unspecified atom stereocenters. The summed E-state index contributed by atoms with van der Waals surface area (Å²) >= 11 is 0. The first-order chi connectivity index (χ1) is 8.79. The van der Waals surface area contributed by atoms with Gasteiger partial charge >= 0.3 is 18.0 Å². The molecule has 1 aromatic rings. The van der Waals surface area contributed by atoms with Crippen molar-refractivity contribution in [3.05, 3.63) is 29.3 Å². The maximum Gasteiger partial charge on any atom is 0.335 e. The molecule has 0 aromatic heterocycles. The SMILES string of the molecule is CC(C)NC(=O)Nc1cc(C(=O)O)cc(C(=O)O)c1. The lowest BCUT2D eigenvalue weighted by atomic mass is 10.1. The first-order valence-corrected chi connectivity index (χ1v) is 5.49. The highest BCUT2D eigenvalue weighted by Crippen LogP contribution is 2.15. The van der Waals surface area contributed by atoms with Gasteiger partial charge in [0, 0.05) is 11.7 Å². The summed E-state index contributed by atoms with van der Waals surface area (Å²) in [6.07, 6.45) is 0. The van der Waals surface area contributed by atoms with Crippen molar-refractivity contribution in [2.24, 2.45) is 0 Å². The lowest BCUT2D eigenvalue weighted by Crippen LogP contribution is -2.34. The van der Waals surface area contributed by atoms with Crippen LogP contribution in [0.3, 0.4) is 0 Å². The minimum atomic E-state index is -1.27. The second-order valence-corrected chi connectivity index (χ2v) is 4.16. The van der Waals surface area contributed by atoms with E-state index in [2.05, 4.69) is 10.6 Å². The Kier molecular flexibility index (Phi) is 4.46. The highest BCUT2D eigenvalue weighted by molar-refractivity contribution is 5.98. The molecule has 7 heteroatoms. The van der Waals surface area contributed by atoms with Gasteiger partial charge in [0.1, 0.15) is 0 Å². The van der Waals surface area contributed by atoms with E-state index in [0.717, 1.165) is 6.07 Å². The van der Waals surface area contributed by atoms with Crippen LogP contribution >= 0.6 is 0 Å². The number of carbonyl (C=O) groups excluding carboxylic acids is 1. The lowest BCUT2D eigenvalue weighted by molar-refractivity contribution is 0.0696. The number of hydrogen-bond donors (Lipinski definition) is 4. The number of aromatic carboxylic acids is 2. The number of nitrogens with one attached hydrogen (secondary N) is 2. The van der Waals surface area contributed by atoms with Crippen LogP contribution in [0.1, 0.15) is 34.6 Å². The Morgan fingerprint density at radius 1 is 1.00 bits per heavy atom. The van der Waals surface area contributed by atoms with E-state index in [4.69, 9.17) is 10.2 Å². The number of rotatable bonds is 4. The van der Waals surface area contributed by atoms with Gasteiger partial charge in [-0.05, 0) is 32.0 Å². The summed E-state index contributed by atoms with van der Waals surface area (Å²) in [5.41, 5.74) is -0.310. The number of carboxylic acids is 2. The summed E-state index contributed by atoms with van der Waals surface area (Å²) < 4.78 is 0. The van der Waals surface area contributed by atoms with Crippen LogP contribution in [0.5, 0.6) is 0 Å². The molecule has 2 amide bonds. The van der Waals surface area contributed by atoms with E-state index in [1.807, 2.05) is 0 Å². The summed E-state index contributed by atoms with van der Waals surface area (Å²) in [7, 11) is 0. The Bertz CT molecular complexity index is 493. The number of carbonyl (C=O) groups is 3. The van der Waals surface area contributed by atoms with Gasteiger partial charge in [0.25, 0.3) is 0 Å². The normalized spacial score (nSPS) is 10.1. The Labute approximate surface area is 109 Å². The molecule has 0 aliphatic carbocycles. The lowest BCUT2D eigenvalue weighted by Gasteiger charge is -2.11. The van der Waals surface area contributed by atoms with Crippen molar-refractivity contribution in [3.63, 3.8) is 0 Å². The van der Waals surface area contributed by atoms with Crippen LogP contribution in [0.4, 0.5) is 10.5 Å². The second-order valence-electron chi connectivity index (χ2n) is 4.16. The van der Waals surface area contributed by atoms with Gasteiger partial charge in [-0.3, -0.25) is 0 Å². The maximum atomic E-state index is 11.5. The highest BCUT2D eigenvalue weighted by Gasteiger charge is 2.13. The van der Waals surface area contributed by atoms with Crippen molar-refractivity contribution in [2.45, 2.75) is 19.9 Å². The maximum absolute atomic E-state index is 11.5. The average molecular weight is 266 g/mol. The Balaban J connectivity index is 3.03. The highest BCUT2D eigenvalue weighted by atomic mass is 16.4. The number of urea groups is 1. The fourth-order valence-corrected chi connectivity index (χ4v) is 1.38. The van der Waals surface area contributed by atoms with Crippen LogP contribution in [-0.4, -0.2) is 34.2 Å². The van der Waals surface area contributed by atoms with Crippen molar-refractivity contribution >= 4 is 23.7 Å². The van der Waals surface area contributed by atoms with Crippen LogP contribution in [0.2, 0.25) is 0 Å². The van der Waals surface area contributed by atoms with Gasteiger partial charge in [0.05, 0.1) is 11.1 Å². The fourth-order valence-electron chi connectivity index (χ4n) is 1.38. The van der Waals surface area contributed by atoms with E-state index in [-0.39, 0.29) is 22.9 Å². The second kappa shape index (κ2) is 5.85. The summed E-state index contributed by atoms with van der Waals surface area (Å²) in [6, 6.07) is 2.77. The predicted octanol–water partition coefficient (Wildman–Crippen LogP) is 1.61. The summed E-state index contributed by atoms with van der Waals surface area (Å²) in [5.74, 6) is -2.54. The zero-order chi connectivity index (χ0) is 14.6. The third-order valence-electron chi connectivity index (χ3n) is 2.10. The molecular formula is C12H14N2O5. The fraction of sp³-hybridized carbons (Fsp3) is 0.250. The zero-order valence-electron chi connectivity index (χ0n) is 10.4. The molecule has 19 heavy (non-hydrogen) atoms. The minimum Gasteiger partial charge on any atom is -0.478 e. The molecule has 0 atom stereocenters. The number of hydrogen-bond acceptors (Lipinski definition) is 3. The number of benzene rings is 1. The van der Waals surface area contributed by atoms with E-state index in [1.54, 1.807) is 13.8 Å². The van der Waals surface area contributed by atoms with E-state index in [9.17, 15) is 14.4 Å². The molecule has 0 fully saturated rings. The molecule has 0 aliphatic rings. The van der Waals surface area contributed by atoms with E-state index >= 15 is 0 Å². The number of amides is 2. The molecule has 0 saturated heterocycles. The van der Waals surface area contributed by atoms with Crippen LogP contribution in [0, 0.1) is 0 Å². The monoisotopic (exact) mass is 266 g/mol. The van der Waals surface area contributed by atoms with E-state index in [0.29, 0.717) is 0 Å². The Morgan fingerprint density at radius 3 is 1.84 bits per heavy atom. The van der Waals surface area contributed by atoms with Crippen molar-refractivity contribution in [2.75, 3.05) is 5.32 Å². The molecule has 0 spiro atoms. The average Bonchev–Trinajstić information content (AvgIpc) is 2.26. The predicted molar refractivity (Wildman–Crippen MR) is 67.7 cm³/mol. The van der Waals surface area contributed by atoms with Gasteiger partial charge in [0.15, 0.2) is 0 Å². The molecule has 1 rings (SSSR count). The summed E-state index contributed by atoms with van der Waals surface area (Å²) in [5, 5.41) is 22.7.